The van der Waals surface area contributed by atoms with E-state index in [-0.39, 0.29) is 12.5 Å². The Morgan fingerprint density at radius 2 is 2.22 bits per heavy atom. The minimum Gasteiger partial charge on any atom is -0.483 e. The highest BCUT2D eigenvalue weighted by Gasteiger charge is 2.14. The number of nitrogens with zero attached hydrogens (tertiary/aromatic N) is 1. The van der Waals surface area contributed by atoms with Crippen LogP contribution in [-0.2, 0) is 4.79 Å². The fourth-order valence-electron chi connectivity index (χ4n) is 2.92. The number of hydrogen-bond donors (Lipinski definition) is 1. The average Bonchev–Trinajstić information content (AvgIpc) is 2.50. The number of rotatable bonds is 5. The van der Waals surface area contributed by atoms with Crippen molar-refractivity contribution in [2.45, 2.75) is 59.3 Å². The second-order valence-electron chi connectivity index (χ2n) is 6.90. The molecule has 0 aromatic heterocycles. The molecule has 1 aliphatic rings. The van der Waals surface area contributed by atoms with Gasteiger partial charge in [-0.15, -0.1) is 0 Å². The summed E-state index contributed by atoms with van der Waals surface area (Å²) in [5, 5.41) is 4.26. The molecular weight excluding hydrogens is 288 g/mol. The average molecular weight is 316 g/mol. The highest BCUT2D eigenvalue weighted by Crippen LogP contribution is 2.27. The van der Waals surface area contributed by atoms with Crippen LogP contribution in [0.5, 0.6) is 5.75 Å². The first-order valence-corrected chi connectivity index (χ1v) is 8.53. The molecule has 23 heavy (non-hydrogen) atoms. The standard InChI is InChI=1S/C19H28N2O2/c1-13(2)17-9-8-15(4)11-18(17)23-12-19(22)21-20-16-7-5-6-14(3)10-16/h8-9,11,13-14H,5-7,10,12H2,1-4H3,(H,21,22)/b20-16-/t14-/m0/s1. The number of hydrogen-bond acceptors (Lipinski definition) is 3. The Morgan fingerprint density at radius 1 is 1.43 bits per heavy atom. The second kappa shape index (κ2) is 8.14. The van der Waals surface area contributed by atoms with E-state index in [0.29, 0.717) is 11.8 Å². The van der Waals surface area contributed by atoms with E-state index in [1.54, 1.807) is 0 Å². The highest BCUT2D eigenvalue weighted by atomic mass is 16.5. The monoisotopic (exact) mass is 316 g/mol. The Kier molecular flexibility index (Phi) is 6.20. The highest BCUT2D eigenvalue weighted by molar-refractivity contribution is 5.87. The van der Waals surface area contributed by atoms with E-state index < -0.39 is 0 Å². The molecule has 4 heteroatoms. The van der Waals surface area contributed by atoms with Gasteiger partial charge in [0, 0.05) is 5.71 Å². The molecule has 0 unspecified atom stereocenters. The van der Waals surface area contributed by atoms with Gasteiger partial charge in [-0.3, -0.25) is 4.79 Å². The zero-order valence-corrected chi connectivity index (χ0v) is 14.7. The van der Waals surface area contributed by atoms with Crippen LogP contribution in [0.15, 0.2) is 23.3 Å². The Hall–Kier alpha value is -1.84. The number of ether oxygens (including phenoxy) is 1. The van der Waals surface area contributed by atoms with E-state index in [1.165, 1.54) is 6.42 Å². The summed E-state index contributed by atoms with van der Waals surface area (Å²) in [5.74, 6) is 1.61. The van der Waals surface area contributed by atoms with Crippen LogP contribution < -0.4 is 10.2 Å². The number of aryl methyl sites for hydroxylation is 1. The predicted octanol–water partition coefficient (Wildman–Crippen LogP) is 4.18. The van der Waals surface area contributed by atoms with Crippen LogP contribution >= 0.6 is 0 Å². The van der Waals surface area contributed by atoms with Crippen LogP contribution in [-0.4, -0.2) is 18.2 Å². The van der Waals surface area contributed by atoms with Gasteiger partial charge in [-0.1, -0.05) is 32.9 Å². The van der Waals surface area contributed by atoms with Gasteiger partial charge in [0.25, 0.3) is 5.91 Å². The van der Waals surface area contributed by atoms with Gasteiger partial charge in [0.1, 0.15) is 5.75 Å². The lowest BCUT2D eigenvalue weighted by Crippen LogP contribution is -2.27. The van der Waals surface area contributed by atoms with Crippen LogP contribution in [0.4, 0.5) is 0 Å². The maximum Gasteiger partial charge on any atom is 0.277 e. The van der Waals surface area contributed by atoms with Crippen molar-refractivity contribution < 1.29 is 9.53 Å². The van der Waals surface area contributed by atoms with Gasteiger partial charge < -0.3 is 4.74 Å². The van der Waals surface area contributed by atoms with Crippen LogP contribution in [0.3, 0.4) is 0 Å². The molecule has 1 N–H and O–H groups in total. The third-order valence-corrected chi connectivity index (χ3v) is 4.23. The number of carbonyl (C=O) groups excluding carboxylic acids is 1. The lowest BCUT2D eigenvalue weighted by atomic mass is 9.89. The third-order valence-electron chi connectivity index (χ3n) is 4.23. The molecule has 1 saturated carbocycles. The molecule has 1 aliphatic carbocycles. The molecule has 0 radical (unpaired) electrons. The Morgan fingerprint density at radius 3 is 2.91 bits per heavy atom. The maximum atomic E-state index is 12.0. The first-order valence-electron chi connectivity index (χ1n) is 8.53. The molecule has 1 fully saturated rings. The van der Waals surface area contributed by atoms with E-state index in [9.17, 15) is 4.79 Å². The van der Waals surface area contributed by atoms with Gasteiger partial charge in [0.15, 0.2) is 6.61 Å². The number of hydrazone groups is 1. The van der Waals surface area contributed by atoms with Crippen molar-refractivity contribution in [2.75, 3.05) is 6.61 Å². The summed E-state index contributed by atoms with van der Waals surface area (Å²) in [5.41, 5.74) is 5.97. The van der Waals surface area contributed by atoms with Gasteiger partial charge in [-0.05, 0) is 61.6 Å². The number of amides is 1. The number of benzene rings is 1. The van der Waals surface area contributed by atoms with Crippen LogP contribution in [0.25, 0.3) is 0 Å². The smallest absolute Gasteiger partial charge is 0.277 e. The number of nitrogens with one attached hydrogen (secondary N) is 1. The predicted molar refractivity (Wildman–Crippen MR) is 94.0 cm³/mol. The van der Waals surface area contributed by atoms with Crippen molar-refractivity contribution in [3.8, 4) is 5.75 Å². The number of carbonyl (C=O) groups is 1. The summed E-state index contributed by atoms with van der Waals surface area (Å²) in [6.45, 7) is 8.48. The first kappa shape index (κ1) is 17.5. The fourth-order valence-corrected chi connectivity index (χ4v) is 2.92. The fraction of sp³-hybridized carbons (Fsp3) is 0.579. The van der Waals surface area contributed by atoms with E-state index in [0.717, 1.165) is 41.9 Å². The molecule has 0 heterocycles. The molecule has 0 aliphatic heterocycles. The molecule has 1 aromatic rings. The van der Waals surface area contributed by atoms with Crippen molar-refractivity contribution in [3.63, 3.8) is 0 Å². The van der Waals surface area contributed by atoms with Crippen LogP contribution in [0.1, 0.15) is 63.5 Å². The summed E-state index contributed by atoms with van der Waals surface area (Å²) in [7, 11) is 0. The molecule has 4 nitrogen and oxygen atoms in total. The van der Waals surface area contributed by atoms with Crippen molar-refractivity contribution in [1.29, 1.82) is 0 Å². The quantitative estimate of drug-likeness (QED) is 0.829. The van der Waals surface area contributed by atoms with Gasteiger partial charge in [0.2, 0.25) is 0 Å². The normalized spacial score (nSPS) is 19.9. The van der Waals surface area contributed by atoms with E-state index in [1.807, 2.05) is 13.0 Å². The lowest BCUT2D eigenvalue weighted by molar-refractivity contribution is -0.123. The van der Waals surface area contributed by atoms with Crippen LogP contribution in [0, 0.1) is 12.8 Å². The summed E-state index contributed by atoms with van der Waals surface area (Å²) in [4.78, 5) is 12.0. The summed E-state index contributed by atoms with van der Waals surface area (Å²) in [6, 6.07) is 6.12. The topological polar surface area (TPSA) is 50.7 Å². The van der Waals surface area contributed by atoms with E-state index in [4.69, 9.17) is 4.74 Å². The van der Waals surface area contributed by atoms with Crippen LogP contribution in [0.2, 0.25) is 0 Å². The lowest BCUT2D eigenvalue weighted by Gasteiger charge is -2.19. The van der Waals surface area contributed by atoms with Gasteiger partial charge in [-0.2, -0.15) is 5.10 Å². The zero-order valence-electron chi connectivity index (χ0n) is 14.7. The van der Waals surface area contributed by atoms with Gasteiger partial charge >= 0.3 is 0 Å². The van der Waals surface area contributed by atoms with Crippen molar-refractivity contribution >= 4 is 11.6 Å². The molecule has 1 atom stereocenters. The molecule has 1 amide bonds. The van der Waals surface area contributed by atoms with Crippen molar-refractivity contribution in [1.82, 2.24) is 5.43 Å². The maximum absolute atomic E-state index is 12.0. The molecule has 0 spiro atoms. The first-order chi connectivity index (χ1) is 11.0. The summed E-state index contributed by atoms with van der Waals surface area (Å²) >= 11 is 0. The van der Waals surface area contributed by atoms with E-state index in [2.05, 4.69) is 43.4 Å². The third kappa shape index (κ3) is 5.38. The second-order valence-corrected chi connectivity index (χ2v) is 6.90. The van der Waals surface area contributed by atoms with Crippen molar-refractivity contribution in [2.24, 2.45) is 11.0 Å². The largest absolute Gasteiger partial charge is 0.483 e. The van der Waals surface area contributed by atoms with E-state index >= 15 is 0 Å². The summed E-state index contributed by atoms with van der Waals surface area (Å²) in [6.07, 6.45) is 4.38. The minimum absolute atomic E-state index is 0.00446. The Bertz CT molecular complexity index is 579. The molecule has 1 aromatic carbocycles. The van der Waals surface area contributed by atoms with Gasteiger partial charge in [-0.25, -0.2) is 5.43 Å². The van der Waals surface area contributed by atoms with Gasteiger partial charge in [0.05, 0.1) is 0 Å². The molecule has 0 bridgehead atoms. The minimum atomic E-state index is -0.202. The molecule has 126 valence electrons. The zero-order chi connectivity index (χ0) is 16.8. The Labute approximate surface area is 139 Å². The summed E-state index contributed by atoms with van der Waals surface area (Å²) < 4.78 is 5.72. The SMILES string of the molecule is Cc1ccc(C(C)C)c(OCC(=O)N/N=C2/CCC[C@H](C)C2)c1. The van der Waals surface area contributed by atoms with Crippen molar-refractivity contribution in [3.05, 3.63) is 29.3 Å². The molecule has 2 rings (SSSR count). The molecular formula is C19H28N2O2. The Balaban J connectivity index is 1.89. The molecule has 0 saturated heterocycles.